The first kappa shape index (κ1) is 16.8. The molecule has 3 aromatic carbocycles. The minimum absolute atomic E-state index is 0.331. The average molecular weight is 375 g/mol. The number of para-hydroxylation sites is 1. The van der Waals surface area contributed by atoms with Crippen LogP contribution < -0.4 is 4.57 Å². The quantitative estimate of drug-likeness (QED) is 0.361. The molecule has 0 aliphatic heterocycles. The van der Waals surface area contributed by atoms with Crippen LogP contribution in [-0.2, 0) is 7.05 Å². The van der Waals surface area contributed by atoms with Gasteiger partial charge in [0.1, 0.15) is 28.5 Å². The van der Waals surface area contributed by atoms with Crippen molar-refractivity contribution in [1.82, 2.24) is 4.98 Å². The smallest absolute Gasteiger partial charge is 0.287 e. The molecular weight excluding hydrogens is 358 g/mol. The van der Waals surface area contributed by atoms with E-state index in [9.17, 15) is 4.39 Å². The van der Waals surface area contributed by atoms with Gasteiger partial charge in [0.25, 0.3) is 6.33 Å². The predicted molar refractivity (Wildman–Crippen MR) is 105 cm³/mol. The fraction of sp³-hybridized carbons (Fsp3) is 0.130. The lowest BCUT2D eigenvalue weighted by Crippen LogP contribution is -2.32. The van der Waals surface area contributed by atoms with E-state index in [0.29, 0.717) is 27.5 Å². The highest BCUT2D eigenvalue weighted by Gasteiger charge is 2.26. The Morgan fingerprint density at radius 1 is 0.964 bits per heavy atom. The summed E-state index contributed by atoms with van der Waals surface area (Å²) in [5.41, 5.74) is 4.62. The zero-order valence-electron chi connectivity index (χ0n) is 15.7. The summed E-state index contributed by atoms with van der Waals surface area (Å²) in [4.78, 5) is 4.48. The maximum Gasteiger partial charge on any atom is 0.287 e. The van der Waals surface area contributed by atoms with E-state index in [4.69, 9.17) is 4.42 Å². The SMILES string of the molecule is Cc1c(C)c(F)c2c(oc3cc(F)ccc32)c1-c1c2ccccc2nc[n+]1C. The molecule has 28 heavy (non-hydrogen) atoms. The molecule has 0 aliphatic carbocycles. The first-order chi connectivity index (χ1) is 13.5. The minimum Gasteiger partial charge on any atom is -0.455 e. The van der Waals surface area contributed by atoms with Crippen LogP contribution in [0.5, 0.6) is 0 Å². The van der Waals surface area contributed by atoms with E-state index >= 15 is 4.39 Å². The highest BCUT2D eigenvalue weighted by atomic mass is 19.1. The van der Waals surface area contributed by atoms with Crippen LogP contribution in [0.1, 0.15) is 11.1 Å². The number of halogens is 2. The summed E-state index contributed by atoms with van der Waals surface area (Å²) in [7, 11) is 1.90. The molecule has 0 fully saturated rings. The zero-order valence-corrected chi connectivity index (χ0v) is 15.7. The fourth-order valence-electron chi connectivity index (χ4n) is 3.95. The number of benzene rings is 3. The van der Waals surface area contributed by atoms with Crippen molar-refractivity contribution in [3.05, 3.63) is 71.6 Å². The third-order valence-corrected chi connectivity index (χ3v) is 5.48. The summed E-state index contributed by atoms with van der Waals surface area (Å²) in [5, 5.41) is 1.89. The van der Waals surface area contributed by atoms with Gasteiger partial charge < -0.3 is 4.42 Å². The molecule has 3 nitrogen and oxygen atoms in total. The molecule has 0 aliphatic rings. The fourth-order valence-corrected chi connectivity index (χ4v) is 3.95. The van der Waals surface area contributed by atoms with Gasteiger partial charge in [-0.3, -0.25) is 0 Å². The second-order valence-corrected chi connectivity index (χ2v) is 7.11. The van der Waals surface area contributed by atoms with Crippen LogP contribution in [0.15, 0.2) is 53.2 Å². The number of hydrogen-bond donors (Lipinski definition) is 0. The van der Waals surface area contributed by atoms with Gasteiger partial charge in [0.05, 0.1) is 23.4 Å². The standard InChI is InChI=1S/C23H17F2N2O/c1-12-13(2)21(25)20-16-9-8-14(24)10-18(16)28-23(20)19(12)22-15-6-4-5-7-17(15)26-11-27(22)3/h4-11H,1-3H3/q+1. The summed E-state index contributed by atoms with van der Waals surface area (Å²) >= 11 is 0. The molecule has 0 atom stereocenters. The van der Waals surface area contributed by atoms with Gasteiger partial charge in [0.2, 0.25) is 0 Å². The molecule has 5 rings (SSSR count). The number of aryl methyl sites for hydroxylation is 1. The molecule has 0 saturated heterocycles. The zero-order chi connectivity index (χ0) is 19.6. The third kappa shape index (κ3) is 2.19. The van der Waals surface area contributed by atoms with Crippen LogP contribution >= 0.6 is 0 Å². The van der Waals surface area contributed by atoms with Crippen molar-refractivity contribution in [1.29, 1.82) is 0 Å². The Kier molecular flexibility index (Phi) is 3.50. The molecule has 0 saturated carbocycles. The Morgan fingerprint density at radius 2 is 1.75 bits per heavy atom. The van der Waals surface area contributed by atoms with Crippen molar-refractivity contribution in [3.8, 4) is 11.3 Å². The Morgan fingerprint density at radius 3 is 2.57 bits per heavy atom. The van der Waals surface area contributed by atoms with Gasteiger partial charge in [-0.05, 0) is 54.2 Å². The van der Waals surface area contributed by atoms with E-state index in [1.807, 2.05) is 42.8 Å². The minimum atomic E-state index is -0.415. The summed E-state index contributed by atoms with van der Waals surface area (Å²) in [6, 6.07) is 12.0. The van der Waals surface area contributed by atoms with Crippen molar-refractivity contribution in [2.75, 3.05) is 0 Å². The largest absolute Gasteiger partial charge is 0.455 e. The molecule has 5 heteroatoms. The second kappa shape index (κ2) is 5.83. The van der Waals surface area contributed by atoms with Crippen molar-refractivity contribution in [3.63, 3.8) is 0 Å². The molecule has 5 aromatic rings. The number of rotatable bonds is 1. The average Bonchev–Trinajstić information content (AvgIpc) is 3.06. The molecule has 0 unspecified atom stereocenters. The van der Waals surface area contributed by atoms with Crippen LogP contribution in [0.2, 0.25) is 0 Å². The van der Waals surface area contributed by atoms with Gasteiger partial charge in [0.15, 0.2) is 5.52 Å². The Labute approximate surface area is 159 Å². The van der Waals surface area contributed by atoms with E-state index < -0.39 is 5.82 Å². The molecular formula is C23H17F2N2O+. The molecule has 0 bridgehead atoms. The van der Waals surface area contributed by atoms with Crippen LogP contribution in [0, 0.1) is 25.5 Å². The second-order valence-electron chi connectivity index (χ2n) is 7.11. The van der Waals surface area contributed by atoms with E-state index in [0.717, 1.165) is 27.7 Å². The van der Waals surface area contributed by atoms with Gasteiger partial charge in [-0.25, -0.2) is 13.3 Å². The highest BCUT2D eigenvalue weighted by Crippen LogP contribution is 2.41. The Balaban J connectivity index is 2.05. The number of aromatic nitrogens is 2. The first-order valence-corrected chi connectivity index (χ1v) is 9.01. The predicted octanol–water partition coefficient (Wildman–Crippen LogP) is 5.52. The van der Waals surface area contributed by atoms with Gasteiger partial charge in [-0.15, -0.1) is 0 Å². The lowest BCUT2D eigenvalue weighted by atomic mass is 9.94. The summed E-state index contributed by atoms with van der Waals surface area (Å²) in [5.74, 6) is -0.746. The van der Waals surface area contributed by atoms with Crippen molar-refractivity contribution in [2.45, 2.75) is 13.8 Å². The van der Waals surface area contributed by atoms with Crippen LogP contribution in [0.3, 0.4) is 0 Å². The summed E-state index contributed by atoms with van der Waals surface area (Å²) < 4.78 is 37.0. The lowest BCUT2D eigenvalue weighted by Gasteiger charge is -2.12. The monoisotopic (exact) mass is 375 g/mol. The molecule has 0 radical (unpaired) electrons. The van der Waals surface area contributed by atoms with E-state index in [1.165, 1.54) is 12.1 Å². The summed E-state index contributed by atoms with van der Waals surface area (Å²) in [6.07, 6.45) is 1.74. The first-order valence-electron chi connectivity index (χ1n) is 9.01. The molecule has 0 amide bonds. The van der Waals surface area contributed by atoms with Crippen LogP contribution in [0.4, 0.5) is 8.78 Å². The normalized spacial score (nSPS) is 11.8. The van der Waals surface area contributed by atoms with E-state index in [2.05, 4.69) is 4.98 Å². The summed E-state index contributed by atoms with van der Waals surface area (Å²) in [6.45, 7) is 3.65. The van der Waals surface area contributed by atoms with Crippen molar-refractivity contribution in [2.24, 2.45) is 7.05 Å². The van der Waals surface area contributed by atoms with Gasteiger partial charge in [-0.2, -0.15) is 0 Å². The number of nitrogens with zero attached hydrogens (tertiary/aromatic N) is 2. The van der Waals surface area contributed by atoms with Crippen LogP contribution in [-0.4, -0.2) is 4.98 Å². The maximum absolute atomic E-state index is 15.3. The highest BCUT2D eigenvalue weighted by molar-refractivity contribution is 6.12. The van der Waals surface area contributed by atoms with E-state index in [-0.39, 0.29) is 5.82 Å². The molecule has 0 N–H and O–H groups in total. The van der Waals surface area contributed by atoms with Gasteiger partial charge >= 0.3 is 0 Å². The van der Waals surface area contributed by atoms with Crippen molar-refractivity contribution < 1.29 is 17.8 Å². The molecule has 2 aromatic heterocycles. The van der Waals surface area contributed by atoms with Gasteiger partial charge in [0, 0.05) is 11.5 Å². The third-order valence-electron chi connectivity index (χ3n) is 5.48. The van der Waals surface area contributed by atoms with E-state index in [1.54, 1.807) is 19.3 Å². The number of fused-ring (bicyclic) bond motifs is 4. The number of furan rings is 1. The topological polar surface area (TPSA) is 29.9 Å². The molecule has 0 spiro atoms. The van der Waals surface area contributed by atoms with Crippen LogP contribution in [0.25, 0.3) is 44.1 Å². The lowest BCUT2D eigenvalue weighted by molar-refractivity contribution is -0.662. The molecule has 138 valence electrons. The maximum atomic E-state index is 15.3. The number of hydrogen-bond acceptors (Lipinski definition) is 2. The van der Waals surface area contributed by atoms with Gasteiger partial charge in [-0.1, -0.05) is 12.1 Å². The van der Waals surface area contributed by atoms with Crippen molar-refractivity contribution >= 4 is 32.8 Å². The Bertz CT molecular complexity index is 1420. The molecule has 2 heterocycles. The Hall–Kier alpha value is -3.34.